The summed E-state index contributed by atoms with van der Waals surface area (Å²) in [5.41, 5.74) is 10.9. The van der Waals surface area contributed by atoms with Gasteiger partial charge in [-0.05, 0) is 6.42 Å². The van der Waals surface area contributed by atoms with Crippen LogP contribution in [0, 0.1) is 0 Å². The molecular weight excluding hydrogens is 196 g/mol. The molecule has 0 rings (SSSR count). The van der Waals surface area contributed by atoms with E-state index >= 15 is 0 Å². The van der Waals surface area contributed by atoms with Gasteiger partial charge in [-0.3, -0.25) is 0 Å². The zero-order valence-corrected chi connectivity index (χ0v) is 9.61. The van der Waals surface area contributed by atoms with E-state index in [0.29, 0.717) is 39.6 Å². The fraction of sp³-hybridized carbons (Fsp3) is 1.00. The van der Waals surface area contributed by atoms with Crippen molar-refractivity contribution in [2.45, 2.75) is 19.4 Å². The van der Waals surface area contributed by atoms with Crippen LogP contribution in [0.15, 0.2) is 0 Å². The summed E-state index contributed by atoms with van der Waals surface area (Å²) >= 11 is 0. The number of ether oxygens (including phenoxy) is 3. The predicted molar refractivity (Wildman–Crippen MR) is 59.8 cm³/mol. The first-order chi connectivity index (χ1) is 7.31. The molecule has 15 heavy (non-hydrogen) atoms. The minimum atomic E-state index is -0.0714. The summed E-state index contributed by atoms with van der Waals surface area (Å²) in [7, 11) is 0. The van der Waals surface area contributed by atoms with E-state index in [0.717, 1.165) is 13.0 Å². The van der Waals surface area contributed by atoms with Crippen LogP contribution in [0.5, 0.6) is 0 Å². The highest BCUT2D eigenvalue weighted by Gasteiger charge is 1.98. The van der Waals surface area contributed by atoms with Crippen molar-refractivity contribution >= 4 is 0 Å². The maximum atomic E-state index is 5.56. The summed E-state index contributed by atoms with van der Waals surface area (Å²) in [6, 6.07) is -0.0714. The molecule has 0 aromatic heterocycles. The quantitative estimate of drug-likeness (QED) is 0.469. The molecule has 0 saturated carbocycles. The van der Waals surface area contributed by atoms with Crippen molar-refractivity contribution in [3.05, 3.63) is 0 Å². The molecule has 0 aromatic carbocycles. The van der Waals surface area contributed by atoms with Crippen LogP contribution in [0.4, 0.5) is 0 Å². The Bertz CT molecular complexity index is 125. The van der Waals surface area contributed by atoms with Gasteiger partial charge in [0.05, 0.1) is 33.0 Å². The number of hydrogen-bond donors (Lipinski definition) is 2. The summed E-state index contributed by atoms with van der Waals surface area (Å²) in [6.45, 7) is 6.22. The molecule has 4 N–H and O–H groups in total. The molecule has 0 aliphatic carbocycles. The van der Waals surface area contributed by atoms with Gasteiger partial charge in [0.2, 0.25) is 0 Å². The van der Waals surface area contributed by atoms with Gasteiger partial charge in [-0.25, -0.2) is 0 Å². The van der Waals surface area contributed by atoms with E-state index in [1.54, 1.807) is 0 Å². The molecular formula is C10H24N2O3. The second-order valence-electron chi connectivity index (χ2n) is 3.30. The lowest BCUT2D eigenvalue weighted by Crippen LogP contribution is -2.34. The van der Waals surface area contributed by atoms with E-state index < -0.39 is 0 Å². The minimum absolute atomic E-state index is 0.0714. The molecule has 92 valence electrons. The minimum Gasteiger partial charge on any atom is -0.379 e. The lowest BCUT2D eigenvalue weighted by molar-refractivity contribution is 0.0126. The molecule has 5 nitrogen and oxygen atoms in total. The maximum Gasteiger partial charge on any atom is 0.0701 e. The lowest BCUT2D eigenvalue weighted by atomic mass is 10.3. The molecule has 0 spiro atoms. The van der Waals surface area contributed by atoms with Crippen LogP contribution in [0.25, 0.3) is 0 Å². The largest absolute Gasteiger partial charge is 0.379 e. The zero-order valence-electron chi connectivity index (χ0n) is 9.61. The highest BCUT2D eigenvalue weighted by atomic mass is 16.5. The van der Waals surface area contributed by atoms with Crippen molar-refractivity contribution < 1.29 is 14.2 Å². The Kier molecular flexibility index (Phi) is 11.7. The second kappa shape index (κ2) is 11.9. The first-order valence-electron chi connectivity index (χ1n) is 5.50. The van der Waals surface area contributed by atoms with Crippen LogP contribution in [-0.2, 0) is 14.2 Å². The standard InChI is InChI=1S/C10H24N2O3/c1-2-3-13-4-5-14-6-7-15-9-10(12)8-11/h10H,2-9,11-12H2,1H3. The molecule has 1 unspecified atom stereocenters. The van der Waals surface area contributed by atoms with Crippen molar-refractivity contribution in [1.29, 1.82) is 0 Å². The third kappa shape index (κ3) is 11.7. The first-order valence-corrected chi connectivity index (χ1v) is 5.50. The van der Waals surface area contributed by atoms with Gasteiger partial charge in [-0.15, -0.1) is 0 Å². The Morgan fingerprint density at radius 2 is 1.47 bits per heavy atom. The lowest BCUT2D eigenvalue weighted by Gasteiger charge is -2.09. The van der Waals surface area contributed by atoms with Gasteiger partial charge in [0, 0.05) is 19.2 Å². The van der Waals surface area contributed by atoms with E-state index in [2.05, 4.69) is 6.92 Å². The van der Waals surface area contributed by atoms with Crippen molar-refractivity contribution in [1.82, 2.24) is 0 Å². The molecule has 0 heterocycles. The van der Waals surface area contributed by atoms with E-state index in [1.165, 1.54) is 0 Å². The molecule has 0 aliphatic rings. The summed E-state index contributed by atoms with van der Waals surface area (Å²) in [5.74, 6) is 0. The second-order valence-corrected chi connectivity index (χ2v) is 3.30. The molecule has 0 saturated heterocycles. The van der Waals surface area contributed by atoms with E-state index in [4.69, 9.17) is 25.7 Å². The monoisotopic (exact) mass is 220 g/mol. The van der Waals surface area contributed by atoms with E-state index in [-0.39, 0.29) is 6.04 Å². The van der Waals surface area contributed by atoms with Crippen molar-refractivity contribution in [2.24, 2.45) is 11.5 Å². The molecule has 1 atom stereocenters. The van der Waals surface area contributed by atoms with Crippen LogP contribution in [-0.4, -0.2) is 52.2 Å². The third-order valence-electron chi connectivity index (χ3n) is 1.73. The van der Waals surface area contributed by atoms with E-state index in [9.17, 15) is 0 Å². The molecule has 0 aromatic rings. The van der Waals surface area contributed by atoms with Gasteiger partial charge >= 0.3 is 0 Å². The number of nitrogens with two attached hydrogens (primary N) is 2. The zero-order chi connectivity index (χ0) is 11.4. The average molecular weight is 220 g/mol. The Morgan fingerprint density at radius 1 is 0.933 bits per heavy atom. The van der Waals surface area contributed by atoms with Gasteiger partial charge in [0.1, 0.15) is 0 Å². The summed E-state index contributed by atoms with van der Waals surface area (Å²) in [4.78, 5) is 0. The molecule has 5 heteroatoms. The average Bonchev–Trinajstić information content (AvgIpc) is 2.26. The molecule has 0 radical (unpaired) electrons. The highest BCUT2D eigenvalue weighted by Crippen LogP contribution is 1.84. The maximum absolute atomic E-state index is 5.56. The van der Waals surface area contributed by atoms with Crippen molar-refractivity contribution in [3.63, 3.8) is 0 Å². The first kappa shape index (κ1) is 14.8. The summed E-state index contributed by atoms with van der Waals surface area (Å²) in [6.07, 6.45) is 1.04. The fourth-order valence-electron chi connectivity index (χ4n) is 0.887. The van der Waals surface area contributed by atoms with Gasteiger partial charge in [0.25, 0.3) is 0 Å². The van der Waals surface area contributed by atoms with Crippen molar-refractivity contribution in [2.75, 3.05) is 46.2 Å². The van der Waals surface area contributed by atoms with Crippen LogP contribution in [0.2, 0.25) is 0 Å². The van der Waals surface area contributed by atoms with Crippen LogP contribution in [0.1, 0.15) is 13.3 Å². The molecule has 0 amide bonds. The molecule has 0 bridgehead atoms. The Labute approximate surface area is 92.0 Å². The van der Waals surface area contributed by atoms with E-state index in [1.807, 2.05) is 0 Å². The smallest absolute Gasteiger partial charge is 0.0701 e. The summed E-state index contributed by atoms with van der Waals surface area (Å²) < 4.78 is 15.8. The van der Waals surface area contributed by atoms with Gasteiger partial charge in [-0.2, -0.15) is 0 Å². The Morgan fingerprint density at radius 3 is 2.00 bits per heavy atom. The van der Waals surface area contributed by atoms with Gasteiger partial charge < -0.3 is 25.7 Å². The van der Waals surface area contributed by atoms with Crippen LogP contribution < -0.4 is 11.5 Å². The molecule has 0 fully saturated rings. The number of rotatable bonds is 11. The Balaban J connectivity index is 2.92. The SMILES string of the molecule is CCCOCCOCCOCC(N)CN. The Hall–Kier alpha value is -0.200. The normalized spacial score (nSPS) is 13.0. The summed E-state index contributed by atoms with van der Waals surface area (Å²) in [5, 5.41) is 0. The fourth-order valence-corrected chi connectivity index (χ4v) is 0.887. The van der Waals surface area contributed by atoms with Crippen LogP contribution >= 0.6 is 0 Å². The van der Waals surface area contributed by atoms with Crippen molar-refractivity contribution in [3.8, 4) is 0 Å². The topological polar surface area (TPSA) is 79.7 Å². The van der Waals surface area contributed by atoms with Gasteiger partial charge in [-0.1, -0.05) is 6.92 Å². The number of hydrogen-bond acceptors (Lipinski definition) is 5. The molecule has 0 aliphatic heterocycles. The van der Waals surface area contributed by atoms with Gasteiger partial charge in [0.15, 0.2) is 0 Å². The third-order valence-corrected chi connectivity index (χ3v) is 1.73. The van der Waals surface area contributed by atoms with Crippen LogP contribution in [0.3, 0.4) is 0 Å². The predicted octanol–water partition coefficient (Wildman–Crippen LogP) is -0.268. The highest BCUT2D eigenvalue weighted by molar-refractivity contribution is 4.58.